The van der Waals surface area contributed by atoms with Crippen molar-refractivity contribution in [3.05, 3.63) is 16.1 Å². The highest BCUT2D eigenvalue weighted by Gasteiger charge is 2.21. The zero-order chi connectivity index (χ0) is 10.8. The Bertz CT molecular complexity index is 336. The van der Waals surface area contributed by atoms with Gasteiger partial charge in [0.25, 0.3) is 0 Å². The van der Waals surface area contributed by atoms with Crippen molar-refractivity contribution < 1.29 is 4.79 Å². The number of hydrogen-bond donors (Lipinski definition) is 2. The van der Waals surface area contributed by atoms with E-state index in [0.717, 1.165) is 9.88 Å². The number of carbonyl (C=O) groups is 1. The molecule has 0 aliphatic rings. The molecular weight excluding hydrogens is 269 g/mol. The lowest BCUT2D eigenvalue weighted by molar-refractivity contribution is -0.125. The van der Waals surface area contributed by atoms with Gasteiger partial charge in [0.2, 0.25) is 5.91 Å². The van der Waals surface area contributed by atoms with Gasteiger partial charge in [-0.1, -0.05) is 0 Å². The summed E-state index contributed by atoms with van der Waals surface area (Å²) in [6.07, 6.45) is 1.77. The van der Waals surface area contributed by atoms with E-state index in [-0.39, 0.29) is 30.7 Å². The summed E-state index contributed by atoms with van der Waals surface area (Å²) in [6.45, 7) is 5.80. The second-order valence-corrected chi connectivity index (χ2v) is 5.07. The first-order valence-electron chi connectivity index (χ1n) is 4.38. The number of carbonyl (C=O) groups excluding carboxylic acids is 1. The largest absolute Gasteiger partial charge is 0.350 e. The van der Waals surface area contributed by atoms with E-state index >= 15 is 0 Å². The van der Waals surface area contributed by atoms with Gasteiger partial charge < -0.3 is 11.1 Å². The Morgan fingerprint density at radius 2 is 2.12 bits per heavy atom. The van der Waals surface area contributed by atoms with E-state index in [1.54, 1.807) is 31.4 Å². The molecule has 0 fully saturated rings. The number of rotatable bonds is 3. The molecule has 0 bridgehead atoms. The molecule has 0 spiro atoms. The number of amides is 1. The second kappa shape index (κ2) is 7.06. The quantitative estimate of drug-likeness (QED) is 0.887. The van der Waals surface area contributed by atoms with Crippen molar-refractivity contribution in [2.24, 2.45) is 5.73 Å². The summed E-state index contributed by atoms with van der Waals surface area (Å²) in [5, 5.41) is 3.76. The third kappa shape index (κ3) is 5.65. The number of aromatic nitrogens is 1. The van der Waals surface area contributed by atoms with Crippen molar-refractivity contribution in [3.8, 4) is 0 Å². The Balaban J connectivity index is 0. The summed E-state index contributed by atoms with van der Waals surface area (Å²) in [6, 6.07) is 0. The van der Waals surface area contributed by atoms with Crippen LogP contribution < -0.4 is 11.1 Å². The first-order chi connectivity index (χ1) is 6.39. The fourth-order valence-electron chi connectivity index (χ4n) is 0.882. The molecule has 0 aliphatic carbocycles. The summed E-state index contributed by atoms with van der Waals surface area (Å²) >= 11 is 1.57. The van der Waals surface area contributed by atoms with Crippen LogP contribution in [-0.4, -0.2) is 16.4 Å². The molecule has 94 valence electrons. The molecular formula is C9H17Cl2N3OS. The molecule has 0 aliphatic heterocycles. The van der Waals surface area contributed by atoms with Crippen LogP contribution in [0.15, 0.2) is 6.20 Å². The van der Waals surface area contributed by atoms with E-state index < -0.39 is 5.54 Å². The highest BCUT2D eigenvalue weighted by Crippen LogP contribution is 2.11. The molecule has 0 saturated carbocycles. The summed E-state index contributed by atoms with van der Waals surface area (Å²) in [7, 11) is 0. The second-order valence-electron chi connectivity index (χ2n) is 3.75. The lowest BCUT2D eigenvalue weighted by atomic mass is 10.1. The number of nitrogens with one attached hydrogen (secondary N) is 1. The minimum absolute atomic E-state index is 0. The van der Waals surface area contributed by atoms with Crippen LogP contribution in [0.25, 0.3) is 0 Å². The molecule has 0 unspecified atom stereocenters. The van der Waals surface area contributed by atoms with Gasteiger partial charge in [0.1, 0.15) is 0 Å². The Labute approximate surface area is 112 Å². The monoisotopic (exact) mass is 285 g/mol. The minimum atomic E-state index is -0.820. The first-order valence-corrected chi connectivity index (χ1v) is 5.20. The number of nitrogens with two attached hydrogens (primary N) is 1. The van der Waals surface area contributed by atoms with Gasteiger partial charge in [-0.25, -0.2) is 4.98 Å². The van der Waals surface area contributed by atoms with Crippen LogP contribution in [0, 0.1) is 6.92 Å². The number of hydrogen-bond acceptors (Lipinski definition) is 4. The summed E-state index contributed by atoms with van der Waals surface area (Å²) in [5.74, 6) is -0.149. The predicted molar refractivity (Wildman–Crippen MR) is 71.5 cm³/mol. The normalized spacial score (nSPS) is 10.0. The number of halogens is 2. The molecule has 0 atom stereocenters. The smallest absolute Gasteiger partial charge is 0.239 e. The van der Waals surface area contributed by atoms with Crippen LogP contribution in [0.2, 0.25) is 0 Å². The minimum Gasteiger partial charge on any atom is -0.350 e. The fraction of sp³-hybridized carbons (Fsp3) is 0.556. The maximum absolute atomic E-state index is 11.4. The van der Waals surface area contributed by atoms with Crippen LogP contribution in [0.5, 0.6) is 0 Å². The van der Waals surface area contributed by atoms with E-state index in [1.807, 2.05) is 6.92 Å². The Morgan fingerprint density at radius 3 is 2.50 bits per heavy atom. The van der Waals surface area contributed by atoms with Crippen LogP contribution in [0.1, 0.15) is 23.7 Å². The molecule has 1 aromatic rings. The summed E-state index contributed by atoms with van der Waals surface area (Å²) in [4.78, 5) is 16.5. The van der Waals surface area contributed by atoms with Crippen molar-refractivity contribution in [2.75, 3.05) is 0 Å². The Hall–Kier alpha value is -0.360. The van der Waals surface area contributed by atoms with Gasteiger partial charge in [0.05, 0.1) is 17.1 Å². The fourth-order valence-corrected chi connectivity index (χ4v) is 1.62. The van der Waals surface area contributed by atoms with Crippen LogP contribution in [-0.2, 0) is 11.3 Å². The molecule has 1 heterocycles. The maximum atomic E-state index is 11.4. The molecule has 1 aromatic heterocycles. The molecule has 16 heavy (non-hydrogen) atoms. The predicted octanol–water partition coefficient (Wildman–Crippen LogP) is 1.65. The topological polar surface area (TPSA) is 68.0 Å². The third-order valence-corrected chi connectivity index (χ3v) is 2.59. The third-order valence-electron chi connectivity index (χ3n) is 1.68. The zero-order valence-electron chi connectivity index (χ0n) is 9.44. The van der Waals surface area contributed by atoms with Crippen molar-refractivity contribution in [2.45, 2.75) is 32.9 Å². The van der Waals surface area contributed by atoms with Crippen molar-refractivity contribution in [1.82, 2.24) is 10.3 Å². The van der Waals surface area contributed by atoms with Gasteiger partial charge in [0, 0.05) is 11.1 Å². The first kappa shape index (κ1) is 18.0. The van der Waals surface area contributed by atoms with E-state index in [1.165, 1.54) is 0 Å². The lowest BCUT2D eigenvalue weighted by Crippen LogP contribution is -2.48. The molecule has 3 N–H and O–H groups in total. The van der Waals surface area contributed by atoms with Gasteiger partial charge in [-0.2, -0.15) is 0 Å². The maximum Gasteiger partial charge on any atom is 0.239 e. The number of thiazole rings is 1. The van der Waals surface area contributed by atoms with Crippen molar-refractivity contribution >= 4 is 42.1 Å². The van der Waals surface area contributed by atoms with Gasteiger partial charge in [-0.05, 0) is 20.8 Å². The van der Waals surface area contributed by atoms with Gasteiger partial charge in [0.15, 0.2) is 0 Å². The van der Waals surface area contributed by atoms with E-state index in [9.17, 15) is 4.79 Å². The molecule has 0 saturated heterocycles. The number of aryl methyl sites for hydroxylation is 1. The summed E-state index contributed by atoms with van der Waals surface area (Å²) < 4.78 is 0. The highest BCUT2D eigenvalue weighted by atomic mass is 35.5. The van der Waals surface area contributed by atoms with Gasteiger partial charge >= 0.3 is 0 Å². The summed E-state index contributed by atoms with van der Waals surface area (Å²) in [5.41, 5.74) is 4.80. The van der Waals surface area contributed by atoms with Crippen molar-refractivity contribution in [3.63, 3.8) is 0 Å². The SMILES string of the molecule is Cc1ncc(CNC(=O)C(C)(C)N)s1.Cl.Cl. The standard InChI is InChI=1S/C9H15N3OS.2ClH/c1-6-11-4-7(14-6)5-12-8(13)9(2,3)10;;/h4H,5,10H2,1-3H3,(H,12,13);2*1H. The average Bonchev–Trinajstić information content (AvgIpc) is 2.45. The van der Waals surface area contributed by atoms with E-state index in [0.29, 0.717) is 6.54 Å². The Kier molecular flexibility index (Phi) is 7.95. The lowest BCUT2D eigenvalue weighted by Gasteiger charge is -2.17. The number of nitrogens with zero attached hydrogens (tertiary/aromatic N) is 1. The zero-order valence-corrected chi connectivity index (χ0v) is 11.9. The molecule has 0 radical (unpaired) electrons. The average molecular weight is 286 g/mol. The van der Waals surface area contributed by atoms with Crippen LogP contribution in [0.3, 0.4) is 0 Å². The van der Waals surface area contributed by atoms with E-state index in [2.05, 4.69) is 10.3 Å². The molecule has 1 amide bonds. The van der Waals surface area contributed by atoms with Gasteiger partial charge in [-0.3, -0.25) is 4.79 Å². The molecule has 1 rings (SSSR count). The van der Waals surface area contributed by atoms with Crippen LogP contribution in [0.4, 0.5) is 0 Å². The molecule has 7 heteroatoms. The molecule has 0 aromatic carbocycles. The van der Waals surface area contributed by atoms with Gasteiger partial charge in [-0.15, -0.1) is 36.2 Å². The van der Waals surface area contributed by atoms with Crippen molar-refractivity contribution in [1.29, 1.82) is 0 Å². The Morgan fingerprint density at radius 1 is 1.56 bits per heavy atom. The highest BCUT2D eigenvalue weighted by molar-refractivity contribution is 7.11. The van der Waals surface area contributed by atoms with E-state index in [4.69, 9.17) is 5.73 Å². The van der Waals surface area contributed by atoms with Crippen LogP contribution >= 0.6 is 36.2 Å². The molecule has 4 nitrogen and oxygen atoms in total.